The molecule has 29 heavy (non-hydrogen) atoms. The van der Waals surface area contributed by atoms with Crippen molar-refractivity contribution in [1.82, 2.24) is 15.0 Å². The lowest BCUT2D eigenvalue weighted by atomic mass is 10.2. The average molecular weight is 485 g/mol. The molecular formula is C21H17BrN4OS2. The molecule has 8 heteroatoms. The SMILES string of the molecule is O=C(CSc1nc2ccccc2n1Cc1ccccc1)NN=Cc1ccc(Br)s1. The first-order valence-electron chi connectivity index (χ1n) is 8.88. The third-order valence-electron chi connectivity index (χ3n) is 4.11. The molecule has 0 unspecified atom stereocenters. The number of carbonyl (C=O) groups excluding carboxylic acids is 1. The summed E-state index contributed by atoms with van der Waals surface area (Å²) in [4.78, 5) is 17.9. The summed E-state index contributed by atoms with van der Waals surface area (Å²) in [5.74, 6) is 0.0732. The maximum atomic E-state index is 12.2. The van der Waals surface area contributed by atoms with Gasteiger partial charge in [-0.05, 0) is 45.8 Å². The van der Waals surface area contributed by atoms with Crippen LogP contribution in [-0.4, -0.2) is 27.4 Å². The fourth-order valence-corrected chi connectivity index (χ4v) is 4.91. The standard InChI is InChI=1S/C21H17BrN4OS2/c22-19-11-10-16(29-19)12-23-25-20(27)14-28-21-24-17-8-4-5-9-18(17)26(21)13-15-6-2-1-3-7-15/h1-12H,13-14H2,(H,25,27). The molecule has 0 spiro atoms. The number of thioether (sulfide) groups is 1. The minimum absolute atomic E-state index is 0.166. The van der Waals surface area contributed by atoms with Gasteiger partial charge >= 0.3 is 0 Å². The minimum atomic E-state index is -0.166. The fourth-order valence-electron chi connectivity index (χ4n) is 2.81. The van der Waals surface area contributed by atoms with Crippen molar-refractivity contribution in [3.8, 4) is 0 Å². The number of benzene rings is 2. The highest BCUT2D eigenvalue weighted by atomic mass is 79.9. The maximum absolute atomic E-state index is 12.2. The number of hydrogen-bond acceptors (Lipinski definition) is 5. The highest BCUT2D eigenvalue weighted by Crippen LogP contribution is 2.25. The van der Waals surface area contributed by atoms with Crippen LogP contribution in [0.3, 0.4) is 0 Å². The first-order chi connectivity index (χ1) is 14.2. The Bertz CT molecular complexity index is 1150. The van der Waals surface area contributed by atoms with Gasteiger partial charge in [-0.25, -0.2) is 10.4 Å². The number of hydrazone groups is 1. The third-order valence-corrected chi connectivity index (χ3v) is 6.65. The van der Waals surface area contributed by atoms with Crippen LogP contribution in [0.4, 0.5) is 0 Å². The van der Waals surface area contributed by atoms with E-state index in [0.29, 0.717) is 6.54 Å². The van der Waals surface area contributed by atoms with E-state index >= 15 is 0 Å². The predicted octanol–water partition coefficient (Wildman–Crippen LogP) is 5.15. The number of halogens is 1. The number of hydrogen-bond donors (Lipinski definition) is 1. The van der Waals surface area contributed by atoms with E-state index in [2.05, 4.69) is 49.2 Å². The van der Waals surface area contributed by atoms with Crippen LogP contribution in [0.2, 0.25) is 0 Å². The molecule has 0 bridgehead atoms. The molecular weight excluding hydrogens is 468 g/mol. The molecule has 0 atom stereocenters. The smallest absolute Gasteiger partial charge is 0.250 e. The van der Waals surface area contributed by atoms with E-state index in [0.717, 1.165) is 24.9 Å². The summed E-state index contributed by atoms with van der Waals surface area (Å²) in [5.41, 5.74) is 5.75. The Kier molecular flexibility index (Phi) is 6.43. The normalized spacial score (nSPS) is 11.3. The van der Waals surface area contributed by atoms with Crippen LogP contribution in [0, 0.1) is 0 Å². The number of fused-ring (bicyclic) bond motifs is 1. The molecule has 5 nitrogen and oxygen atoms in total. The van der Waals surface area contributed by atoms with Gasteiger partial charge in [-0.1, -0.05) is 54.2 Å². The summed E-state index contributed by atoms with van der Waals surface area (Å²) in [6.07, 6.45) is 1.64. The van der Waals surface area contributed by atoms with Crippen LogP contribution in [-0.2, 0) is 11.3 Å². The van der Waals surface area contributed by atoms with E-state index in [4.69, 9.17) is 4.98 Å². The first kappa shape index (κ1) is 19.9. The summed E-state index contributed by atoms with van der Waals surface area (Å²) in [5, 5.41) is 4.84. The van der Waals surface area contributed by atoms with Gasteiger partial charge in [0.25, 0.3) is 5.91 Å². The highest BCUT2D eigenvalue weighted by Gasteiger charge is 2.13. The molecule has 0 radical (unpaired) electrons. The molecule has 0 aliphatic carbocycles. The maximum Gasteiger partial charge on any atom is 0.250 e. The van der Waals surface area contributed by atoms with E-state index in [1.807, 2.05) is 48.5 Å². The van der Waals surface area contributed by atoms with Crippen LogP contribution in [0.15, 0.2) is 80.8 Å². The number of nitrogens with zero attached hydrogens (tertiary/aromatic N) is 3. The molecule has 0 fully saturated rings. The molecule has 0 saturated heterocycles. The van der Waals surface area contributed by atoms with E-state index in [-0.39, 0.29) is 11.7 Å². The number of para-hydroxylation sites is 2. The van der Waals surface area contributed by atoms with Crippen molar-refractivity contribution < 1.29 is 4.79 Å². The van der Waals surface area contributed by atoms with E-state index in [1.54, 1.807) is 17.6 Å². The van der Waals surface area contributed by atoms with Gasteiger partial charge in [-0.15, -0.1) is 11.3 Å². The van der Waals surface area contributed by atoms with Gasteiger partial charge in [-0.3, -0.25) is 4.79 Å². The van der Waals surface area contributed by atoms with E-state index in [9.17, 15) is 4.79 Å². The van der Waals surface area contributed by atoms with Gasteiger partial charge in [0, 0.05) is 4.88 Å². The molecule has 2 heterocycles. The zero-order valence-electron chi connectivity index (χ0n) is 15.3. The number of aromatic nitrogens is 2. The number of imidazole rings is 1. The zero-order valence-corrected chi connectivity index (χ0v) is 18.5. The van der Waals surface area contributed by atoms with E-state index in [1.165, 1.54) is 17.3 Å². The Labute approximate surface area is 185 Å². The number of rotatable bonds is 7. The molecule has 146 valence electrons. The van der Waals surface area contributed by atoms with E-state index < -0.39 is 0 Å². The fraction of sp³-hybridized carbons (Fsp3) is 0.0952. The topological polar surface area (TPSA) is 59.3 Å². The number of amides is 1. The lowest BCUT2D eigenvalue weighted by Gasteiger charge is -2.09. The van der Waals surface area contributed by atoms with Crippen molar-refractivity contribution in [2.75, 3.05) is 5.75 Å². The Hall–Kier alpha value is -2.42. The lowest BCUT2D eigenvalue weighted by molar-refractivity contribution is -0.118. The Morgan fingerprint density at radius 2 is 1.93 bits per heavy atom. The highest BCUT2D eigenvalue weighted by molar-refractivity contribution is 9.11. The molecule has 0 aliphatic rings. The van der Waals surface area contributed by atoms with Crippen molar-refractivity contribution in [3.05, 3.63) is 81.0 Å². The van der Waals surface area contributed by atoms with Crippen LogP contribution >= 0.6 is 39.0 Å². The molecule has 0 saturated carbocycles. The Morgan fingerprint density at radius 1 is 1.14 bits per heavy atom. The van der Waals surface area contributed by atoms with Crippen LogP contribution < -0.4 is 5.43 Å². The molecule has 2 aromatic carbocycles. The summed E-state index contributed by atoms with van der Waals surface area (Å²) in [6, 6.07) is 22.1. The lowest BCUT2D eigenvalue weighted by Crippen LogP contribution is -2.20. The van der Waals surface area contributed by atoms with Gasteiger partial charge < -0.3 is 4.57 Å². The molecule has 4 rings (SSSR count). The van der Waals surface area contributed by atoms with Crippen molar-refractivity contribution in [3.63, 3.8) is 0 Å². The van der Waals surface area contributed by atoms with Crippen LogP contribution in [0.25, 0.3) is 11.0 Å². The second kappa shape index (κ2) is 9.39. The number of carbonyl (C=O) groups is 1. The van der Waals surface area contributed by atoms with Crippen LogP contribution in [0.1, 0.15) is 10.4 Å². The first-order valence-corrected chi connectivity index (χ1v) is 11.5. The summed E-state index contributed by atoms with van der Waals surface area (Å²) >= 11 is 6.37. The zero-order chi connectivity index (χ0) is 20.1. The van der Waals surface area contributed by atoms with Gasteiger partial charge in [0.1, 0.15) is 0 Å². The van der Waals surface area contributed by atoms with Crippen molar-refractivity contribution in [2.24, 2.45) is 5.10 Å². The molecule has 1 amide bonds. The molecule has 0 aliphatic heterocycles. The summed E-state index contributed by atoms with van der Waals surface area (Å²) in [7, 11) is 0. The monoisotopic (exact) mass is 484 g/mol. The third kappa shape index (κ3) is 5.14. The van der Waals surface area contributed by atoms with Crippen LogP contribution in [0.5, 0.6) is 0 Å². The largest absolute Gasteiger partial charge is 0.314 e. The van der Waals surface area contributed by atoms with Gasteiger partial charge in [0.15, 0.2) is 5.16 Å². The predicted molar refractivity (Wildman–Crippen MR) is 124 cm³/mol. The molecule has 4 aromatic rings. The molecule has 1 N–H and O–H groups in total. The number of nitrogens with one attached hydrogen (secondary N) is 1. The van der Waals surface area contributed by atoms with Gasteiger partial charge in [0.2, 0.25) is 0 Å². The van der Waals surface area contributed by atoms with Crippen molar-refractivity contribution in [1.29, 1.82) is 0 Å². The van der Waals surface area contributed by atoms with Crippen molar-refractivity contribution in [2.45, 2.75) is 11.7 Å². The summed E-state index contributed by atoms with van der Waals surface area (Å²) in [6.45, 7) is 0.705. The number of thiophene rings is 1. The average Bonchev–Trinajstić information content (AvgIpc) is 3.31. The quantitative estimate of drug-likeness (QED) is 0.224. The van der Waals surface area contributed by atoms with Gasteiger partial charge in [-0.2, -0.15) is 5.10 Å². The second-order valence-corrected chi connectivity index (χ2v) is 9.62. The van der Waals surface area contributed by atoms with Crippen molar-refractivity contribution >= 4 is 62.2 Å². The second-order valence-electron chi connectivity index (χ2n) is 6.18. The Balaban J connectivity index is 1.45. The molecule has 2 aromatic heterocycles. The minimum Gasteiger partial charge on any atom is -0.314 e. The summed E-state index contributed by atoms with van der Waals surface area (Å²) < 4.78 is 3.17. The Morgan fingerprint density at radius 3 is 2.72 bits per heavy atom. The van der Waals surface area contributed by atoms with Gasteiger partial charge in [0.05, 0.1) is 33.3 Å².